The van der Waals surface area contributed by atoms with Crippen LogP contribution < -0.4 is 5.46 Å². The fourth-order valence-corrected chi connectivity index (χ4v) is 0.529. The van der Waals surface area contributed by atoms with Crippen molar-refractivity contribution in [3.8, 4) is 0 Å². The van der Waals surface area contributed by atoms with Gasteiger partial charge in [0.25, 0.3) is 0 Å². The van der Waals surface area contributed by atoms with E-state index in [9.17, 15) is 0 Å². The lowest BCUT2D eigenvalue weighted by Crippen LogP contribution is -2.29. The molecule has 0 aromatic carbocycles. The van der Waals surface area contributed by atoms with Gasteiger partial charge in [-0.15, -0.1) is 0 Å². The Labute approximate surface area is 80.6 Å². The second-order valence-electron chi connectivity index (χ2n) is 1.66. The third kappa shape index (κ3) is 7.49. The zero-order valence-corrected chi connectivity index (χ0v) is 8.73. The average Bonchev–Trinajstić information content (AvgIpc) is 2.25. The molecule has 0 radical (unpaired) electrons. The van der Waals surface area contributed by atoms with Crippen molar-refractivity contribution in [3.05, 3.63) is 24.5 Å². The van der Waals surface area contributed by atoms with E-state index in [0.717, 1.165) is 0 Å². The number of pyridine rings is 1. The smallest absolute Gasteiger partial charge is 0.423 e. The highest BCUT2D eigenvalue weighted by atomic mass is 16.4. The number of aromatic nitrogens is 1. The van der Waals surface area contributed by atoms with E-state index < -0.39 is 7.12 Å². The van der Waals surface area contributed by atoms with Crippen molar-refractivity contribution >= 4 is 12.6 Å². The van der Waals surface area contributed by atoms with Crippen LogP contribution in [-0.4, -0.2) is 22.2 Å². The summed E-state index contributed by atoms with van der Waals surface area (Å²) in [5.74, 6) is 0. The Bertz CT molecular complexity index is 180. The molecule has 13 heavy (non-hydrogen) atoms. The molecule has 0 aliphatic rings. The van der Waals surface area contributed by atoms with Gasteiger partial charge < -0.3 is 10.0 Å². The van der Waals surface area contributed by atoms with Crippen LogP contribution in [0.3, 0.4) is 0 Å². The second kappa shape index (κ2) is 11.1. The van der Waals surface area contributed by atoms with Crippen molar-refractivity contribution in [1.82, 2.24) is 4.98 Å². The van der Waals surface area contributed by atoms with Gasteiger partial charge in [-0.2, -0.15) is 0 Å². The standard InChI is InChI=1S/C5H6BNO2.2C2H6/c8-6(9)5-2-1-3-7-4-5;2*1-2/h1-4,8-9H;2*1-2H3. The lowest BCUT2D eigenvalue weighted by atomic mass is 9.82. The molecule has 4 heteroatoms. The first-order valence-electron chi connectivity index (χ1n) is 4.57. The topological polar surface area (TPSA) is 53.4 Å². The van der Waals surface area contributed by atoms with E-state index in [2.05, 4.69) is 4.98 Å². The molecule has 0 aliphatic heterocycles. The van der Waals surface area contributed by atoms with Crippen LogP contribution in [0.1, 0.15) is 27.7 Å². The highest BCUT2D eigenvalue weighted by Crippen LogP contribution is 1.77. The number of hydrogen-bond donors (Lipinski definition) is 2. The second-order valence-corrected chi connectivity index (χ2v) is 1.66. The van der Waals surface area contributed by atoms with Crippen molar-refractivity contribution in [3.63, 3.8) is 0 Å². The minimum Gasteiger partial charge on any atom is -0.423 e. The summed E-state index contributed by atoms with van der Waals surface area (Å²) in [7, 11) is -1.40. The zero-order chi connectivity index (χ0) is 10.7. The van der Waals surface area contributed by atoms with Crippen molar-refractivity contribution in [1.29, 1.82) is 0 Å². The maximum atomic E-state index is 8.54. The van der Waals surface area contributed by atoms with Gasteiger partial charge in [0.15, 0.2) is 0 Å². The molecule has 1 aromatic heterocycles. The van der Waals surface area contributed by atoms with Crippen LogP contribution in [0.2, 0.25) is 0 Å². The molecule has 0 atom stereocenters. The fourth-order valence-electron chi connectivity index (χ4n) is 0.529. The summed E-state index contributed by atoms with van der Waals surface area (Å²) in [5, 5.41) is 17.1. The first kappa shape index (κ1) is 14.6. The van der Waals surface area contributed by atoms with E-state index in [0.29, 0.717) is 5.46 Å². The maximum Gasteiger partial charge on any atom is 0.490 e. The minimum atomic E-state index is -1.40. The summed E-state index contributed by atoms with van der Waals surface area (Å²) >= 11 is 0. The zero-order valence-electron chi connectivity index (χ0n) is 8.73. The van der Waals surface area contributed by atoms with E-state index in [1.807, 2.05) is 27.7 Å². The van der Waals surface area contributed by atoms with E-state index in [1.165, 1.54) is 6.20 Å². The largest absolute Gasteiger partial charge is 0.490 e. The van der Waals surface area contributed by atoms with Gasteiger partial charge >= 0.3 is 7.12 Å². The van der Waals surface area contributed by atoms with Crippen LogP contribution in [0.4, 0.5) is 0 Å². The van der Waals surface area contributed by atoms with Crippen molar-refractivity contribution in [2.45, 2.75) is 27.7 Å². The summed E-state index contributed by atoms with van der Waals surface area (Å²) in [4.78, 5) is 3.69. The molecule has 0 amide bonds. The van der Waals surface area contributed by atoms with Gasteiger partial charge in [0, 0.05) is 17.9 Å². The van der Waals surface area contributed by atoms with E-state index >= 15 is 0 Å². The first-order chi connectivity index (χ1) is 6.30. The summed E-state index contributed by atoms with van der Waals surface area (Å²) in [5.41, 5.74) is 0.414. The predicted molar refractivity (Wildman–Crippen MR) is 56.8 cm³/mol. The maximum absolute atomic E-state index is 8.54. The molecule has 1 aromatic rings. The molecular formula is C9H18BNO2. The molecule has 1 heterocycles. The summed E-state index contributed by atoms with van der Waals surface area (Å²) < 4.78 is 0. The SMILES string of the molecule is CC.CC.OB(O)c1cccnc1. The molecule has 0 spiro atoms. The minimum absolute atomic E-state index is 0.414. The highest BCUT2D eigenvalue weighted by molar-refractivity contribution is 6.58. The lowest BCUT2D eigenvalue weighted by Gasteiger charge is -1.93. The Balaban J connectivity index is 0. The molecule has 0 aliphatic carbocycles. The van der Waals surface area contributed by atoms with Gasteiger partial charge in [0.1, 0.15) is 0 Å². The molecule has 74 valence electrons. The first-order valence-corrected chi connectivity index (χ1v) is 4.57. The molecule has 0 unspecified atom stereocenters. The van der Waals surface area contributed by atoms with E-state index in [-0.39, 0.29) is 0 Å². The summed E-state index contributed by atoms with van der Waals surface area (Å²) in [6.45, 7) is 8.00. The van der Waals surface area contributed by atoms with Gasteiger partial charge in [-0.1, -0.05) is 33.8 Å². The Kier molecular flexibility index (Phi) is 12.5. The van der Waals surface area contributed by atoms with Gasteiger partial charge in [-0.05, 0) is 6.07 Å². The van der Waals surface area contributed by atoms with Gasteiger partial charge in [0.05, 0.1) is 0 Å². The van der Waals surface area contributed by atoms with Crippen molar-refractivity contribution in [2.24, 2.45) is 0 Å². The predicted octanol–water partition coefficient (Wildman–Crippen LogP) is 0.814. The van der Waals surface area contributed by atoms with Crippen molar-refractivity contribution < 1.29 is 10.0 Å². The number of hydrogen-bond acceptors (Lipinski definition) is 3. The molecule has 1 rings (SSSR count). The van der Waals surface area contributed by atoms with Crippen molar-refractivity contribution in [2.75, 3.05) is 0 Å². The molecule has 0 fully saturated rings. The van der Waals surface area contributed by atoms with E-state index in [4.69, 9.17) is 10.0 Å². The molecular weight excluding hydrogens is 165 g/mol. The summed E-state index contributed by atoms with van der Waals surface area (Å²) in [6, 6.07) is 3.24. The van der Waals surface area contributed by atoms with Gasteiger partial charge in [-0.3, -0.25) is 4.98 Å². The van der Waals surface area contributed by atoms with Crippen LogP contribution in [-0.2, 0) is 0 Å². The molecule has 0 bridgehead atoms. The Hall–Kier alpha value is -0.865. The third-order valence-corrected chi connectivity index (χ3v) is 0.983. The molecule has 0 saturated carbocycles. The number of rotatable bonds is 1. The Morgan fingerprint density at radius 2 is 1.69 bits per heavy atom. The van der Waals surface area contributed by atoms with Crippen LogP contribution in [0.5, 0.6) is 0 Å². The van der Waals surface area contributed by atoms with Crippen LogP contribution in [0.25, 0.3) is 0 Å². The quantitative estimate of drug-likeness (QED) is 0.633. The Morgan fingerprint density at radius 1 is 1.15 bits per heavy atom. The monoisotopic (exact) mass is 183 g/mol. The number of nitrogens with zero attached hydrogens (tertiary/aromatic N) is 1. The fraction of sp³-hybridized carbons (Fsp3) is 0.444. The van der Waals surface area contributed by atoms with Gasteiger partial charge in [-0.25, -0.2) is 0 Å². The molecule has 0 saturated heterocycles. The van der Waals surface area contributed by atoms with Gasteiger partial charge in [0.2, 0.25) is 0 Å². The lowest BCUT2D eigenvalue weighted by molar-refractivity contribution is 0.425. The highest BCUT2D eigenvalue weighted by Gasteiger charge is 2.08. The Morgan fingerprint density at radius 3 is 1.92 bits per heavy atom. The third-order valence-electron chi connectivity index (χ3n) is 0.983. The summed E-state index contributed by atoms with van der Waals surface area (Å²) in [6.07, 6.45) is 2.98. The normalized spacial score (nSPS) is 7.23. The van der Waals surface area contributed by atoms with E-state index in [1.54, 1.807) is 18.3 Å². The molecule has 2 N–H and O–H groups in total. The average molecular weight is 183 g/mol. The molecule has 3 nitrogen and oxygen atoms in total. The van der Waals surface area contributed by atoms with Crippen LogP contribution in [0.15, 0.2) is 24.5 Å². The van der Waals surface area contributed by atoms with Crippen LogP contribution >= 0.6 is 0 Å². The van der Waals surface area contributed by atoms with Crippen LogP contribution in [0, 0.1) is 0 Å².